The number of esters is 1. The van der Waals surface area contributed by atoms with Gasteiger partial charge in [-0.15, -0.1) is 0 Å². The molecule has 1 aliphatic heterocycles. The first kappa shape index (κ1) is 15.6. The highest BCUT2D eigenvalue weighted by Crippen LogP contribution is 2.25. The number of carbonyl (C=O) groups is 2. The number of hydrogen-bond acceptors (Lipinski definition) is 4. The summed E-state index contributed by atoms with van der Waals surface area (Å²) in [6.07, 6.45) is 1.46. The van der Waals surface area contributed by atoms with Gasteiger partial charge in [0.2, 0.25) is 0 Å². The van der Waals surface area contributed by atoms with Gasteiger partial charge >= 0.3 is 5.97 Å². The Balaban J connectivity index is 2.12. The molecule has 6 heteroatoms. The Morgan fingerprint density at radius 3 is 2.95 bits per heavy atom. The second-order valence-electron chi connectivity index (χ2n) is 5.01. The summed E-state index contributed by atoms with van der Waals surface area (Å²) in [6.45, 7) is 2.99. The van der Waals surface area contributed by atoms with Crippen LogP contribution in [0.1, 0.15) is 30.1 Å². The molecule has 0 unspecified atom stereocenters. The second-order valence-corrected chi connectivity index (χ2v) is 5.41. The fourth-order valence-corrected chi connectivity index (χ4v) is 2.66. The van der Waals surface area contributed by atoms with Crippen LogP contribution in [0.4, 0.5) is 0 Å². The number of rotatable bonds is 3. The van der Waals surface area contributed by atoms with Gasteiger partial charge in [-0.2, -0.15) is 0 Å². The van der Waals surface area contributed by atoms with Gasteiger partial charge in [0.1, 0.15) is 5.75 Å². The van der Waals surface area contributed by atoms with E-state index in [1.54, 1.807) is 11.8 Å². The van der Waals surface area contributed by atoms with Crippen LogP contribution < -0.4 is 0 Å². The Morgan fingerprint density at radius 2 is 2.24 bits per heavy atom. The maximum absolute atomic E-state index is 12.5. The highest BCUT2D eigenvalue weighted by molar-refractivity contribution is 6.33. The number of halogens is 1. The van der Waals surface area contributed by atoms with Crippen molar-refractivity contribution < 1.29 is 19.4 Å². The molecule has 0 spiro atoms. The third-order valence-electron chi connectivity index (χ3n) is 3.51. The maximum Gasteiger partial charge on any atom is 0.310 e. The number of phenols is 1. The summed E-state index contributed by atoms with van der Waals surface area (Å²) < 4.78 is 5.02. The average Bonchev–Trinajstić information content (AvgIpc) is 2.49. The van der Waals surface area contributed by atoms with Crippen LogP contribution in [0.3, 0.4) is 0 Å². The zero-order chi connectivity index (χ0) is 15.4. The molecule has 0 bridgehead atoms. The fraction of sp³-hybridized carbons (Fsp3) is 0.467. The molecule has 1 saturated heterocycles. The number of likely N-dealkylation sites (tertiary alicyclic amines) is 1. The van der Waals surface area contributed by atoms with Crippen LogP contribution in [-0.4, -0.2) is 41.6 Å². The Morgan fingerprint density at radius 1 is 1.48 bits per heavy atom. The van der Waals surface area contributed by atoms with Crippen LogP contribution in [0.15, 0.2) is 18.2 Å². The summed E-state index contributed by atoms with van der Waals surface area (Å²) in [6, 6.07) is 4.26. The molecule has 1 fully saturated rings. The molecule has 21 heavy (non-hydrogen) atoms. The van der Waals surface area contributed by atoms with E-state index >= 15 is 0 Å². The van der Waals surface area contributed by atoms with E-state index in [0.717, 1.165) is 12.8 Å². The van der Waals surface area contributed by atoms with E-state index in [2.05, 4.69) is 0 Å². The molecule has 0 radical (unpaired) electrons. The molecule has 1 amide bonds. The van der Waals surface area contributed by atoms with Gasteiger partial charge < -0.3 is 14.7 Å². The van der Waals surface area contributed by atoms with Crippen molar-refractivity contribution in [3.63, 3.8) is 0 Å². The molecule has 5 nitrogen and oxygen atoms in total. The predicted molar refractivity (Wildman–Crippen MR) is 78.4 cm³/mol. The smallest absolute Gasteiger partial charge is 0.310 e. The van der Waals surface area contributed by atoms with E-state index < -0.39 is 0 Å². The molecule has 0 saturated carbocycles. The number of piperidine rings is 1. The van der Waals surface area contributed by atoms with Crippen molar-refractivity contribution in [3.05, 3.63) is 28.8 Å². The number of amides is 1. The number of phenolic OH excluding ortho intramolecular Hbond substituents is 1. The van der Waals surface area contributed by atoms with Gasteiger partial charge in [0.15, 0.2) is 0 Å². The number of aromatic hydroxyl groups is 1. The molecule has 0 aliphatic carbocycles. The lowest BCUT2D eigenvalue weighted by Gasteiger charge is -2.31. The quantitative estimate of drug-likeness (QED) is 0.871. The molecule has 1 aliphatic rings. The number of benzene rings is 1. The van der Waals surface area contributed by atoms with Gasteiger partial charge in [-0.3, -0.25) is 9.59 Å². The van der Waals surface area contributed by atoms with Crippen molar-refractivity contribution in [2.75, 3.05) is 19.7 Å². The van der Waals surface area contributed by atoms with E-state index in [1.165, 1.54) is 18.2 Å². The predicted octanol–water partition coefficient (Wildman–Crippen LogP) is 2.46. The molecule has 1 aromatic carbocycles. The van der Waals surface area contributed by atoms with Gasteiger partial charge in [-0.1, -0.05) is 11.6 Å². The molecule has 1 atom stereocenters. The average molecular weight is 312 g/mol. The fourth-order valence-electron chi connectivity index (χ4n) is 2.46. The van der Waals surface area contributed by atoms with Crippen molar-refractivity contribution in [3.8, 4) is 5.75 Å². The molecule has 1 heterocycles. The molecule has 1 aromatic rings. The lowest BCUT2D eigenvalue weighted by molar-refractivity contribution is -0.149. The standard InChI is InChI=1S/C15H18ClNO4/c1-2-21-15(20)10-4-3-7-17(9-10)14(19)12-8-11(18)5-6-13(12)16/h5-6,8,10,18H,2-4,7,9H2,1H3/t10-/m1/s1. The lowest BCUT2D eigenvalue weighted by Crippen LogP contribution is -2.42. The maximum atomic E-state index is 12.5. The largest absolute Gasteiger partial charge is 0.508 e. The van der Waals surface area contributed by atoms with Crippen LogP contribution in [0.25, 0.3) is 0 Å². The topological polar surface area (TPSA) is 66.8 Å². The van der Waals surface area contributed by atoms with Crippen molar-refractivity contribution in [1.29, 1.82) is 0 Å². The van der Waals surface area contributed by atoms with E-state index in [0.29, 0.717) is 19.7 Å². The Bertz CT molecular complexity index is 546. The lowest BCUT2D eigenvalue weighted by atomic mass is 9.97. The highest BCUT2D eigenvalue weighted by Gasteiger charge is 2.30. The van der Waals surface area contributed by atoms with Gasteiger partial charge in [-0.05, 0) is 38.0 Å². The van der Waals surface area contributed by atoms with Crippen molar-refractivity contribution >= 4 is 23.5 Å². The number of ether oxygens (including phenoxy) is 1. The summed E-state index contributed by atoms with van der Waals surface area (Å²) in [5, 5.41) is 9.78. The van der Waals surface area contributed by atoms with Crippen LogP contribution >= 0.6 is 11.6 Å². The molecule has 0 aromatic heterocycles. The van der Waals surface area contributed by atoms with E-state index in [4.69, 9.17) is 16.3 Å². The minimum atomic E-state index is -0.293. The number of carbonyl (C=O) groups excluding carboxylic acids is 2. The van der Waals surface area contributed by atoms with Crippen LogP contribution in [0.5, 0.6) is 5.75 Å². The van der Waals surface area contributed by atoms with Crippen LogP contribution in [-0.2, 0) is 9.53 Å². The number of nitrogens with zero attached hydrogens (tertiary/aromatic N) is 1. The third kappa shape index (κ3) is 3.67. The Labute approximate surface area is 128 Å². The zero-order valence-electron chi connectivity index (χ0n) is 11.8. The third-order valence-corrected chi connectivity index (χ3v) is 3.84. The van der Waals surface area contributed by atoms with Gasteiger partial charge in [0.25, 0.3) is 5.91 Å². The summed E-state index contributed by atoms with van der Waals surface area (Å²) >= 11 is 6.01. The number of hydrogen-bond donors (Lipinski definition) is 1. The molecule has 114 valence electrons. The first-order valence-corrected chi connectivity index (χ1v) is 7.35. The van der Waals surface area contributed by atoms with E-state index in [9.17, 15) is 14.7 Å². The van der Waals surface area contributed by atoms with Gasteiger partial charge in [0, 0.05) is 13.1 Å². The van der Waals surface area contributed by atoms with Crippen LogP contribution in [0, 0.1) is 5.92 Å². The SMILES string of the molecule is CCOC(=O)[C@@H]1CCCN(C(=O)c2cc(O)ccc2Cl)C1. The normalized spacial score (nSPS) is 18.4. The summed E-state index contributed by atoms with van der Waals surface area (Å²) in [4.78, 5) is 25.9. The van der Waals surface area contributed by atoms with E-state index in [-0.39, 0.29) is 34.1 Å². The Kier molecular flexibility index (Phi) is 5.07. The van der Waals surface area contributed by atoms with Crippen molar-refractivity contribution in [2.24, 2.45) is 5.92 Å². The van der Waals surface area contributed by atoms with Crippen LogP contribution in [0.2, 0.25) is 5.02 Å². The van der Waals surface area contributed by atoms with Crippen molar-refractivity contribution in [2.45, 2.75) is 19.8 Å². The van der Waals surface area contributed by atoms with Gasteiger partial charge in [0.05, 0.1) is 23.1 Å². The first-order chi connectivity index (χ1) is 10.0. The molecule has 2 rings (SSSR count). The highest BCUT2D eigenvalue weighted by atomic mass is 35.5. The Hall–Kier alpha value is -1.75. The van der Waals surface area contributed by atoms with Crippen molar-refractivity contribution in [1.82, 2.24) is 4.90 Å². The molecular weight excluding hydrogens is 294 g/mol. The minimum Gasteiger partial charge on any atom is -0.508 e. The van der Waals surface area contributed by atoms with E-state index in [1.807, 2.05) is 0 Å². The second kappa shape index (κ2) is 6.80. The monoisotopic (exact) mass is 311 g/mol. The summed E-state index contributed by atoms with van der Waals surface area (Å²) in [5.41, 5.74) is 0.251. The minimum absolute atomic E-state index is 0.0123. The summed E-state index contributed by atoms with van der Waals surface area (Å²) in [5.74, 6) is -0.845. The zero-order valence-corrected chi connectivity index (χ0v) is 12.6. The van der Waals surface area contributed by atoms with Gasteiger partial charge in [-0.25, -0.2) is 0 Å². The first-order valence-electron chi connectivity index (χ1n) is 6.97. The molecule has 1 N–H and O–H groups in total. The summed E-state index contributed by atoms with van der Waals surface area (Å²) in [7, 11) is 0. The molecular formula is C15H18ClNO4.